The Hall–Kier alpha value is -5.86. The van der Waals surface area contributed by atoms with Crippen LogP contribution < -0.4 is 4.90 Å². The fraction of sp³-hybridized carbons (Fsp3) is 0.236. The third-order valence-electron chi connectivity index (χ3n) is 15.9. The first-order valence-corrected chi connectivity index (χ1v) is 21.2. The molecule has 4 fully saturated rings. The quantitative estimate of drug-likeness (QED) is 0.169. The van der Waals surface area contributed by atoms with Gasteiger partial charge < -0.3 is 9.32 Å². The van der Waals surface area contributed by atoms with Crippen LogP contribution in [0.3, 0.4) is 0 Å². The van der Waals surface area contributed by atoms with Gasteiger partial charge >= 0.3 is 0 Å². The molecule has 7 aromatic carbocycles. The van der Waals surface area contributed by atoms with Crippen LogP contribution in [-0.4, -0.2) is 0 Å². The summed E-state index contributed by atoms with van der Waals surface area (Å²) in [7, 11) is 0. The molecule has 1 spiro atoms. The van der Waals surface area contributed by atoms with Crippen LogP contribution in [0.25, 0.3) is 55.3 Å². The summed E-state index contributed by atoms with van der Waals surface area (Å²) in [5.41, 5.74) is 18.3. The Labute approximate surface area is 334 Å². The van der Waals surface area contributed by atoms with Crippen molar-refractivity contribution in [3.05, 3.63) is 174 Å². The summed E-state index contributed by atoms with van der Waals surface area (Å²) < 4.78 is 6.42. The molecule has 2 heteroatoms. The fourth-order valence-electron chi connectivity index (χ4n) is 13.4. The molecule has 4 saturated carbocycles. The molecule has 0 N–H and O–H groups in total. The summed E-state index contributed by atoms with van der Waals surface area (Å²) in [6, 6.07) is 58.8. The van der Waals surface area contributed by atoms with Crippen LogP contribution in [0.15, 0.2) is 162 Å². The van der Waals surface area contributed by atoms with E-state index in [1.807, 2.05) is 6.07 Å². The maximum atomic E-state index is 6.42. The van der Waals surface area contributed by atoms with Gasteiger partial charge in [0.05, 0.1) is 0 Å². The van der Waals surface area contributed by atoms with E-state index in [4.69, 9.17) is 4.42 Å². The lowest BCUT2D eigenvalue weighted by Crippen LogP contribution is -2.68. The van der Waals surface area contributed by atoms with Crippen LogP contribution in [0.4, 0.5) is 17.1 Å². The van der Waals surface area contributed by atoms with E-state index in [0.717, 1.165) is 56.8 Å². The number of benzene rings is 7. The molecule has 2 nitrogen and oxygen atoms in total. The van der Waals surface area contributed by atoms with E-state index in [1.165, 1.54) is 76.6 Å². The first kappa shape index (κ1) is 32.2. The van der Waals surface area contributed by atoms with Gasteiger partial charge in [-0.3, -0.25) is 0 Å². The van der Waals surface area contributed by atoms with Gasteiger partial charge in [0.1, 0.15) is 11.2 Å². The van der Waals surface area contributed by atoms with Gasteiger partial charge in [-0.25, -0.2) is 0 Å². The number of anilines is 3. The van der Waals surface area contributed by atoms with Gasteiger partial charge in [-0.2, -0.15) is 0 Å². The predicted octanol–water partition coefficient (Wildman–Crippen LogP) is 14.8. The van der Waals surface area contributed by atoms with Crippen LogP contribution in [0, 0.1) is 23.2 Å². The van der Waals surface area contributed by atoms with Gasteiger partial charge in [-0.15, -0.1) is 0 Å². The number of fused-ring (bicyclic) bond motifs is 7. The number of hydrogen-bond donors (Lipinski definition) is 0. The zero-order valence-corrected chi connectivity index (χ0v) is 32.6. The predicted molar refractivity (Wildman–Crippen MR) is 235 cm³/mol. The van der Waals surface area contributed by atoms with Gasteiger partial charge in [0.15, 0.2) is 0 Å². The molecule has 5 aliphatic carbocycles. The highest BCUT2D eigenvalue weighted by Gasteiger charge is 2.80. The van der Waals surface area contributed by atoms with Crippen molar-refractivity contribution in [2.75, 3.05) is 4.90 Å². The van der Waals surface area contributed by atoms with E-state index >= 15 is 0 Å². The summed E-state index contributed by atoms with van der Waals surface area (Å²) in [6.45, 7) is 4.81. The maximum Gasteiger partial charge on any atom is 0.137 e. The first-order valence-electron chi connectivity index (χ1n) is 21.2. The van der Waals surface area contributed by atoms with Crippen molar-refractivity contribution < 1.29 is 4.42 Å². The second-order valence-electron chi connectivity index (χ2n) is 18.7. The molecule has 8 aromatic rings. The minimum Gasteiger partial charge on any atom is -0.456 e. The van der Waals surface area contributed by atoms with Gasteiger partial charge in [0, 0.05) is 44.7 Å². The monoisotopic (exact) mass is 735 g/mol. The molecule has 0 saturated heterocycles. The summed E-state index contributed by atoms with van der Waals surface area (Å²) in [6.07, 6.45) is 7.43. The third kappa shape index (κ3) is 4.21. The van der Waals surface area contributed by atoms with Crippen molar-refractivity contribution in [2.45, 2.75) is 56.8 Å². The molecule has 2 bridgehead atoms. The highest BCUT2D eigenvalue weighted by Crippen LogP contribution is 2.86. The molecule has 5 unspecified atom stereocenters. The minimum atomic E-state index is -0.163. The maximum absolute atomic E-state index is 6.42. The number of furan rings is 1. The van der Waals surface area contributed by atoms with Crippen molar-refractivity contribution in [3.63, 3.8) is 0 Å². The van der Waals surface area contributed by atoms with E-state index in [-0.39, 0.29) is 5.41 Å². The Morgan fingerprint density at radius 3 is 1.93 bits per heavy atom. The van der Waals surface area contributed by atoms with E-state index in [1.54, 1.807) is 5.56 Å². The second kappa shape index (κ2) is 11.2. The number of nitrogens with zero attached hydrogens (tertiary/aromatic N) is 1. The van der Waals surface area contributed by atoms with Crippen LogP contribution in [-0.2, 0) is 10.8 Å². The lowest BCUT2D eigenvalue weighted by Gasteiger charge is -2.73. The molecule has 1 aromatic heterocycles. The fourth-order valence-corrected chi connectivity index (χ4v) is 13.4. The highest BCUT2D eigenvalue weighted by molar-refractivity contribution is 6.06. The molecular formula is C55H45NO. The van der Waals surface area contributed by atoms with E-state index in [0.29, 0.717) is 10.8 Å². The molecule has 0 amide bonds. The van der Waals surface area contributed by atoms with Crippen molar-refractivity contribution in [1.29, 1.82) is 0 Å². The zero-order valence-electron chi connectivity index (χ0n) is 32.6. The van der Waals surface area contributed by atoms with Crippen molar-refractivity contribution in [3.8, 4) is 33.4 Å². The molecule has 5 atom stereocenters. The molecule has 57 heavy (non-hydrogen) atoms. The molecule has 5 aliphatic rings. The summed E-state index contributed by atoms with van der Waals surface area (Å²) >= 11 is 0. The molecule has 1 heterocycles. The molecule has 13 rings (SSSR count). The highest BCUT2D eigenvalue weighted by atomic mass is 16.3. The van der Waals surface area contributed by atoms with Crippen LogP contribution in [0.2, 0.25) is 0 Å². The molecular weight excluding hydrogens is 691 g/mol. The van der Waals surface area contributed by atoms with Crippen molar-refractivity contribution >= 4 is 39.0 Å². The van der Waals surface area contributed by atoms with Gasteiger partial charge in [-0.05, 0) is 154 Å². The SMILES string of the molecule is CC1(C)c2cc(-c3ccc(C45CC6CC7CC(C4)C75C6)cc3)ccc2-c2ccc(N(c3ccc(-c4ccccc4)cc3)c3ccc4c(c3)oc3ccccc34)cc21. The largest absolute Gasteiger partial charge is 0.456 e. The Balaban J connectivity index is 0.870. The topological polar surface area (TPSA) is 16.4 Å². The van der Waals surface area contributed by atoms with Crippen LogP contribution in [0.1, 0.15) is 62.6 Å². The third-order valence-corrected chi connectivity index (χ3v) is 15.9. The number of rotatable bonds is 6. The van der Waals surface area contributed by atoms with Crippen LogP contribution >= 0.6 is 0 Å². The Morgan fingerprint density at radius 1 is 0.491 bits per heavy atom. The van der Waals surface area contributed by atoms with E-state index in [9.17, 15) is 0 Å². The summed E-state index contributed by atoms with van der Waals surface area (Å²) in [5.74, 6) is 3.02. The Morgan fingerprint density at radius 2 is 1.12 bits per heavy atom. The summed E-state index contributed by atoms with van der Waals surface area (Å²) in [4.78, 5) is 2.39. The first-order chi connectivity index (χ1) is 27.9. The smallest absolute Gasteiger partial charge is 0.137 e. The van der Waals surface area contributed by atoms with Gasteiger partial charge in [-0.1, -0.05) is 117 Å². The van der Waals surface area contributed by atoms with Crippen LogP contribution in [0.5, 0.6) is 0 Å². The second-order valence-corrected chi connectivity index (χ2v) is 18.7. The number of para-hydroxylation sites is 1. The minimum absolute atomic E-state index is 0.163. The molecule has 0 radical (unpaired) electrons. The average Bonchev–Trinajstić information content (AvgIpc) is 3.95. The van der Waals surface area contributed by atoms with Gasteiger partial charge in [0.25, 0.3) is 0 Å². The van der Waals surface area contributed by atoms with E-state index in [2.05, 4.69) is 170 Å². The normalized spacial score (nSPS) is 25.5. The molecule has 0 aliphatic heterocycles. The van der Waals surface area contributed by atoms with Gasteiger partial charge in [0.2, 0.25) is 0 Å². The standard InChI is InChI=1S/C55H45NO/c1-53(2)49-27-38(37-12-17-39(18-13-37)54-31-34-26-40-28-41(33-54)55(40,54)32-34)16-23-45(49)46-24-21-43(29-50(46)53)56(42-19-14-36(15-20-42)35-8-4-3-5-9-35)44-22-25-48-47-10-6-7-11-51(47)57-52(48)30-44/h3-25,27,29-30,34,40-41H,26,28,31-33H2,1-2H3. The zero-order chi connectivity index (χ0) is 37.7. The lowest BCUT2D eigenvalue weighted by atomic mass is 9.31. The number of hydrogen-bond acceptors (Lipinski definition) is 2. The average molecular weight is 736 g/mol. The van der Waals surface area contributed by atoms with Crippen molar-refractivity contribution in [2.24, 2.45) is 23.2 Å². The Kier molecular flexibility index (Phi) is 6.32. The lowest BCUT2D eigenvalue weighted by molar-refractivity contribution is -0.198. The van der Waals surface area contributed by atoms with E-state index < -0.39 is 0 Å². The molecule has 276 valence electrons. The Bertz CT molecular complexity index is 2940. The summed E-state index contributed by atoms with van der Waals surface area (Å²) in [5, 5.41) is 2.28. The van der Waals surface area contributed by atoms with Crippen molar-refractivity contribution in [1.82, 2.24) is 0 Å².